The highest BCUT2D eigenvalue weighted by molar-refractivity contribution is 6.08. The van der Waals surface area contributed by atoms with Crippen molar-refractivity contribution in [3.05, 3.63) is 76.5 Å². The standard InChI is InChI=1S/C41H49FN8O6/c1-24(2)56-36-18-34-27(16-31(36)40(54)44-33-4-3-13-49(41(33)55)35-17-32(35)42)21-50(46-34)28-8-5-25(6-9-28)20-47-14-15-48(23-29(51)22-47)37-11-7-26(19-43-37)30-10-12-38(52)45-39(30)53/h3-4,7,11,13,16,18-19,21,24-25,28-30,32,35,51H,5-6,8-10,12,14-15,17,20,22-23H2,1-2H3,(H,44,54)(H,45,52,53)/t25?,28?,29?,30?,32-,35+/m1/s1. The number of nitrogens with one attached hydrogen (secondary N) is 2. The third-order valence-electron chi connectivity index (χ3n) is 11.5. The van der Waals surface area contributed by atoms with Crippen molar-refractivity contribution >= 4 is 40.1 Å². The summed E-state index contributed by atoms with van der Waals surface area (Å²) in [5, 5.41) is 21.8. The third-order valence-corrected chi connectivity index (χ3v) is 11.5. The number of piperidine rings is 1. The Morgan fingerprint density at radius 1 is 1.07 bits per heavy atom. The first-order valence-electron chi connectivity index (χ1n) is 19.8. The van der Waals surface area contributed by atoms with Crippen LogP contribution in [-0.4, -0.2) is 98.2 Å². The SMILES string of the molecule is CC(C)Oc1cc2nn(C3CCC(CN4CCN(c5ccc(C6CCC(=O)NC6=O)cn5)CC(O)C4)CC3)cc2cc1C(=O)Nc1cccn([C@H]2C[C@H]2F)c1=O. The summed E-state index contributed by atoms with van der Waals surface area (Å²) in [4.78, 5) is 59.6. The Balaban J connectivity index is 0.881. The van der Waals surface area contributed by atoms with Gasteiger partial charge in [-0.25, -0.2) is 9.37 Å². The monoisotopic (exact) mass is 768 g/mol. The average molecular weight is 769 g/mol. The molecule has 2 aliphatic carbocycles. The molecule has 4 aromatic rings. The Kier molecular flexibility index (Phi) is 10.6. The summed E-state index contributed by atoms with van der Waals surface area (Å²) in [7, 11) is 0. The highest BCUT2D eigenvalue weighted by Crippen LogP contribution is 2.38. The van der Waals surface area contributed by atoms with Gasteiger partial charge in [-0.05, 0) is 81.7 Å². The summed E-state index contributed by atoms with van der Waals surface area (Å²) in [6.45, 7) is 7.25. The summed E-state index contributed by atoms with van der Waals surface area (Å²) in [6.07, 6.45) is 8.49. The molecule has 296 valence electrons. The molecule has 5 heterocycles. The molecule has 1 aromatic carbocycles. The molecule has 4 fully saturated rings. The number of pyridine rings is 2. The number of carbonyl (C=O) groups is 3. The molecule has 2 saturated carbocycles. The quantitative estimate of drug-likeness (QED) is 0.198. The van der Waals surface area contributed by atoms with Crippen molar-refractivity contribution in [2.24, 2.45) is 5.92 Å². The van der Waals surface area contributed by atoms with E-state index in [-0.39, 0.29) is 41.1 Å². The fourth-order valence-corrected chi connectivity index (χ4v) is 8.47. The molecular formula is C41H49FN8O6. The van der Waals surface area contributed by atoms with Crippen LogP contribution in [0, 0.1) is 5.92 Å². The van der Waals surface area contributed by atoms with E-state index >= 15 is 0 Å². The van der Waals surface area contributed by atoms with Crippen LogP contribution in [0.2, 0.25) is 0 Å². The zero-order valence-corrected chi connectivity index (χ0v) is 31.8. The average Bonchev–Trinajstić information content (AvgIpc) is 3.80. The molecule has 4 atom stereocenters. The molecular weight excluding hydrogens is 719 g/mol. The first kappa shape index (κ1) is 37.8. The van der Waals surface area contributed by atoms with Crippen LogP contribution < -0.4 is 25.8 Å². The highest BCUT2D eigenvalue weighted by Gasteiger charge is 2.40. The van der Waals surface area contributed by atoms with Crippen LogP contribution >= 0.6 is 0 Å². The molecule has 0 spiro atoms. The molecule has 56 heavy (non-hydrogen) atoms. The van der Waals surface area contributed by atoms with Crippen molar-refractivity contribution in [2.75, 3.05) is 42.9 Å². The minimum absolute atomic E-state index is 0.0852. The van der Waals surface area contributed by atoms with Gasteiger partial charge in [0.15, 0.2) is 0 Å². The Hall–Kier alpha value is -5.15. The molecule has 14 nitrogen and oxygen atoms in total. The van der Waals surface area contributed by atoms with Gasteiger partial charge in [-0.15, -0.1) is 0 Å². The zero-order chi connectivity index (χ0) is 39.1. The van der Waals surface area contributed by atoms with Gasteiger partial charge in [0, 0.05) is 75.6 Å². The summed E-state index contributed by atoms with van der Waals surface area (Å²) >= 11 is 0. The molecule has 2 saturated heterocycles. The third kappa shape index (κ3) is 8.19. The minimum Gasteiger partial charge on any atom is -0.490 e. The fraction of sp³-hybridized carbons (Fsp3) is 0.512. The van der Waals surface area contributed by atoms with Gasteiger partial charge in [0.1, 0.15) is 23.4 Å². The van der Waals surface area contributed by atoms with Gasteiger partial charge < -0.3 is 24.6 Å². The number of nitrogens with zero attached hydrogens (tertiary/aromatic N) is 6. The van der Waals surface area contributed by atoms with Crippen molar-refractivity contribution in [1.29, 1.82) is 0 Å². The lowest BCUT2D eigenvalue weighted by Gasteiger charge is -2.32. The van der Waals surface area contributed by atoms with E-state index in [1.807, 2.05) is 36.9 Å². The topological polar surface area (TPSA) is 164 Å². The first-order valence-corrected chi connectivity index (χ1v) is 19.8. The molecule has 4 aliphatic rings. The largest absolute Gasteiger partial charge is 0.490 e. The van der Waals surface area contributed by atoms with Crippen molar-refractivity contribution in [3.8, 4) is 5.75 Å². The van der Waals surface area contributed by atoms with Crippen molar-refractivity contribution in [3.63, 3.8) is 0 Å². The van der Waals surface area contributed by atoms with Gasteiger partial charge in [-0.1, -0.05) is 6.07 Å². The number of fused-ring (bicyclic) bond motifs is 1. The zero-order valence-electron chi connectivity index (χ0n) is 31.8. The molecule has 2 unspecified atom stereocenters. The van der Waals surface area contributed by atoms with Crippen LogP contribution in [0.5, 0.6) is 5.75 Å². The number of halogens is 1. The van der Waals surface area contributed by atoms with Gasteiger partial charge >= 0.3 is 0 Å². The highest BCUT2D eigenvalue weighted by atomic mass is 19.1. The molecule has 8 rings (SSSR count). The number of aliphatic hydroxyl groups excluding tert-OH is 1. The number of ether oxygens (including phenoxy) is 1. The lowest BCUT2D eigenvalue weighted by atomic mass is 9.85. The van der Waals surface area contributed by atoms with Crippen molar-refractivity contribution < 1.29 is 28.6 Å². The maximum Gasteiger partial charge on any atom is 0.274 e. The molecule has 0 bridgehead atoms. The summed E-state index contributed by atoms with van der Waals surface area (Å²) in [5.41, 5.74) is 1.44. The number of alkyl halides is 1. The number of rotatable bonds is 10. The Morgan fingerprint density at radius 3 is 2.59 bits per heavy atom. The van der Waals surface area contributed by atoms with Crippen LogP contribution in [0.25, 0.3) is 10.9 Å². The Morgan fingerprint density at radius 2 is 1.88 bits per heavy atom. The number of amides is 3. The van der Waals surface area contributed by atoms with Crippen LogP contribution in [-0.2, 0) is 9.59 Å². The lowest BCUT2D eigenvalue weighted by Crippen LogP contribution is -2.39. The van der Waals surface area contributed by atoms with E-state index in [0.717, 1.165) is 62.1 Å². The molecule has 0 radical (unpaired) electrons. The molecule has 3 aromatic heterocycles. The van der Waals surface area contributed by atoms with Crippen molar-refractivity contribution in [1.82, 2.24) is 29.5 Å². The van der Waals surface area contributed by atoms with Crippen LogP contribution in [0.4, 0.5) is 15.9 Å². The second-order valence-corrected chi connectivity index (χ2v) is 16.1. The van der Waals surface area contributed by atoms with E-state index in [1.165, 1.54) is 10.6 Å². The van der Waals surface area contributed by atoms with Gasteiger partial charge in [0.2, 0.25) is 11.8 Å². The normalized spacial score (nSPS) is 25.9. The van der Waals surface area contributed by atoms with Gasteiger partial charge in [-0.2, -0.15) is 5.10 Å². The number of hydrogen-bond acceptors (Lipinski definition) is 10. The summed E-state index contributed by atoms with van der Waals surface area (Å²) < 4.78 is 23.1. The van der Waals surface area contributed by atoms with Gasteiger partial charge in [0.05, 0.1) is 41.3 Å². The molecule has 3 N–H and O–H groups in total. The Labute approximate surface area is 324 Å². The van der Waals surface area contributed by atoms with E-state index in [2.05, 4.69) is 25.4 Å². The van der Waals surface area contributed by atoms with E-state index in [1.54, 1.807) is 30.6 Å². The molecule has 2 aliphatic heterocycles. The maximum atomic E-state index is 13.7. The number of hydrogen-bond donors (Lipinski definition) is 3. The van der Waals surface area contributed by atoms with Gasteiger partial charge in [-0.3, -0.25) is 34.1 Å². The second-order valence-electron chi connectivity index (χ2n) is 16.1. The number of β-amino-alcohol motifs (C(OH)–C–C–N with tert-alkyl or cyclic N) is 1. The minimum atomic E-state index is -1.05. The number of aromatic nitrogens is 4. The summed E-state index contributed by atoms with van der Waals surface area (Å²) in [5.74, 6) is 0.237. The van der Waals surface area contributed by atoms with Crippen LogP contribution in [0.1, 0.15) is 92.7 Å². The van der Waals surface area contributed by atoms with E-state index in [0.29, 0.717) is 49.5 Å². The van der Waals surface area contributed by atoms with Crippen LogP contribution in [0.15, 0.2) is 59.8 Å². The lowest BCUT2D eigenvalue weighted by molar-refractivity contribution is -0.134. The predicted octanol–water partition coefficient (Wildman–Crippen LogP) is 4.35. The number of aliphatic hydroxyl groups is 1. The molecule has 15 heteroatoms. The second kappa shape index (κ2) is 15.8. The smallest absolute Gasteiger partial charge is 0.274 e. The number of benzene rings is 1. The fourth-order valence-electron chi connectivity index (χ4n) is 8.47. The number of anilines is 2. The van der Waals surface area contributed by atoms with Crippen LogP contribution in [0.3, 0.4) is 0 Å². The molecule has 3 amide bonds. The van der Waals surface area contributed by atoms with E-state index in [9.17, 15) is 28.7 Å². The number of carbonyl (C=O) groups excluding carboxylic acids is 3. The number of imide groups is 1. The Bertz CT molecular complexity index is 2160. The van der Waals surface area contributed by atoms with E-state index in [4.69, 9.17) is 9.84 Å². The van der Waals surface area contributed by atoms with Crippen molar-refractivity contribution in [2.45, 2.75) is 95.2 Å². The predicted molar refractivity (Wildman–Crippen MR) is 208 cm³/mol. The maximum absolute atomic E-state index is 13.7. The van der Waals surface area contributed by atoms with E-state index < -0.39 is 29.8 Å². The van der Waals surface area contributed by atoms with Gasteiger partial charge in [0.25, 0.3) is 11.5 Å². The first-order chi connectivity index (χ1) is 27.0. The summed E-state index contributed by atoms with van der Waals surface area (Å²) in [6, 6.07) is 10.2.